The fourth-order valence-electron chi connectivity index (χ4n) is 4.53. The molecule has 1 aliphatic rings. The average molecular weight is 476 g/mol. The molecule has 1 fully saturated rings. The van der Waals surface area contributed by atoms with Crippen LogP contribution >= 0.6 is 0 Å². The minimum atomic E-state index is -0.936. The summed E-state index contributed by atoms with van der Waals surface area (Å²) < 4.78 is 11.5. The van der Waals surface area contributed by atoms with E-state index < -0.39 is 17.7 Å². The molecule has 1 atom stereocenters. The molecule has 2 N–H and O–H groups in total. The van der Waals surface area contributed by atoms with Crippen molar-refractivity contribution in [1.29, 1.82) is 0 Å². The first-order valence-corrected chi connectivity index (χ1v) is 11.4. The summed E-state index contributed by atoms with van der Waals surface area (Å²) in [4.78, 5) is 31.0. The van der Waals surface area contributed by atoms with Crippen molar-refractivity contribution >= 4 is 34.0 Å². The lowest BCUT2D eigenvalue weighted by Gasteiger charge is -2.23. The Morgan fingerprint density at radius 3 is 2.33 bits per heavy atom. The summed E-state index contributed by atoms with van der Waals surface area (Å²) in [6, 6.07) is 26.0. The van der Waals surface area contributed by atoms with Gasteiger partial charge in [0.25, 0.3) is 11.7 Å². The lowest BCUT2D eigenvalue weighted by molar-refractivity contribution is -0.132. The van der Waals surface area contributed by atoms with Crippen LogP contribution in [0.2, 0.25) is 0 Å². The molecule has 0 aliphatic carbocycles. The number of hydrogen-bond donors (Lipinski definition) is 2. The Hall–Kier alpha value is -5.04. The molecule has 0 bridgehead atoms. The topological polar surface area (TPSA) is 95.8 Å². The highest BCUT2D eigenvalue weighted by Crippen LogP contribution is 2.43. The zero-order valence-electron chi connectivity index (χ0n) is 18.9. The van der Waals surface area contributed by atoms with Crippen LogP contribution < -0.4 is 9.64 Å². The van der Waals surface area contributed by atoms with Crippen LogP contribution in [0, 0.1) is 0 Å². The molecule has 7 nitrogen and oxygen atoms in total. The molecule has 0 spiro atoms. The monoisotopic (exact) mass is 476 g/mol. The maximum absolute atomic E-state index is 13.3. The molecule has 3 heterocycles. The molecule has 6 rings (SSSR count). The number of H-pyrrole nitrogens is 1. The van der Waals surface area contributed by atoms with Crippen LogP contribution in [0.5, 0.6) is 11.5 Å². The van der Waals surface area contributed by atoms with Crippen LogP contribution in [0.4, 0.5) is 5.69 Å². The molecule has 3 aromatic carbocycles. The number of aliphatic hydroxyl groups is 1. The lowest BCUT2D eigenvalue weighted by Crippen LogP contribution is -2.29. The summed E-state index contributed by atoms with van der Waals surface area (Å²) in [5, 5.41) is 12.1. The number of rotatable bonds is 5. The van der Waals surface area contributed by atoms with Crippen molar-refractivity contribution in [2.45, 2.75) is 6.04 Å². The Morgan fingerprint density at radius 2 is 1.58 bits per heavy atom. The van der Waals surface area contributed by atoms with Gasteiger partial charge in [-0.1, -0.05) is 36.4 Å². The van der Waals surface area contributed by atoms with Crippen LogP contribution in [-0.2, 0) is 9.59 Å². The highest BCUT2D eigenvalue weighted by molar-refractivity contribution is 6.51. The smallest absolute Gasteiger partial charge is 0.300 e. The fourth-order valence-corrected chi connectivity index (χ4v) is 4.53. The number of aliphatic hydroxyl groups excluding tert-OH is 1. The van der Waals surface area contributed by atoms with Crippen molar-refractivity contribution in [3.8, 4) is 11.5 Å². The first-order valence-electron chi connectivity index (χ1n) is 11.4. The van der Waals surface area contributed by atoms with E-state index in [1.807, 2.05) is 54.6 Å². The van der Waals surface area contributed by atoms with Crippen molar-refractivity contribution in [3.63, 3.8) is 0 Å². The van der Waals surface area contributed by atoms with Gasteiger partial charge in [-0.3, -0.25) is 14.5 Å². The summed E-state index contributed by atoms with van der Waals surface area (Å²) in [7, 11) is 0. The summed E-state index contributed by atoms with van der Waals surface area (Å²) in [5.41, 5.74) is 1.67. The second kappa shape index (κ2) is 8.63. The predicted molar refractivity (Wildman–Crippen MR) is 135 cm³/mol. The zero-order chi connectivity index (χ0) is 24.6. The minimum Gasteiger partial charge on any atom is -0.507 e. The second-order valence-corrected chi connectivity index (χ2v) is 8.34. The number of aromatic nitrogens is 1. The van der Waals surface area contributed by atoms with Crippen LogP contribution in [0.1, 0.15) is 17.4 Å². The third kappa shape index (κ3) is 3.54. The maximum Gasteiger partial charge on any atom is 0.300 e. The first-order chi connectivity index (χ1) is 17.6. The number of furan rings is 1. The molecule has 0 saturated carbocycles. The summed E-state index contributed by atoms with van der Waals surface area (Å²) in [5.74, 6) is -0.188. The third-order valence-corrected chi connectivity index (χ3v) is 6.20. The molecular formula is C29H20N2O5. The molecular weight excluding hydrogens is 456 g/mol. The van der Waals surface area contributed by atoms with Crippen molar-refractivity contribution in [1.82, 2.24) is 4.98 Å². The standard InChI is InChI=1S/C29H20N2O5/c32-27(22-17-30-23-10-5-4-9-21(22)23)25-26(24-11-6-16-35-24)31(29(34)28(25)33)18-12-14-20(15-13-18)36-19-7-2-1-3-8-19/h1-17,26,30,32H/b27-25-. The van der Waals surface area contributed by atoms with Crippen LogP contribution in [0.3, 0.4) is 0 Å². The van der Waals surface area contributed by atoms with Crippen LogP contribution in [0.15, 0.2) is 113 Å². The number of carbonyl (C=O) groups excluding carboxylic acids is 2. The summed E-state index contributed by atoms with van der Waals surface area (Å²) in [6.45, 7) is 0. The van der Waals surface area contributed by atoms with Gasteiger partial charge in [0.05, 0.1) is 11.8 Å². The highest BCUT2D eigenvalue weighted by Gasteiger charge is 2.48. The van der Waals surface area contributed by atoms with Gasteiger partial charge in [0, 0.05) is 28.4 Å². The van der Waals surface area contributed by atoms with Gasteiger partial charge in [-0.05, 0) is 54.6 Å². The number of ether oxygens (including phenoxy) is 1. The van der Waals surface area contributed by atoms with E-state index in [1.165, 1.54) is 11.2 Å². The van der Waals surface area contributed by atoms with Crippen molar-refractivity contribution in [3.05, 3.63) is 120 Å². The Kier molecular flexibility index (Phi) is 5.15. The normalized spacial score (nSPS) is 17.1. The molecule has 1 aliphatic heterocycles. The van der Waals surface area contributed by atoms with Crippen molar-refractivity contribution in [2.24, 2.45) is 0 Å². The number of benzene rings is 3. The number of para-hydroxylation sites is 2. The lowest BCUT2D eigenvalue weighted by atomic mass is 9.99. The van der Waals surface area contributed by atoms with E-state index in [9.17, 15) is 14.7 Å². The Labute approximate surface area is 205 Å². The molecule has 1 saturated heterocycles. The largest absolute Gasteiger partial charge is 0.507 e. The van der Waals surface area contributed by atoms with E-state index in [0.29, 0.717) is 28.5 Å². The van der Waals surface area contributed by atoms with Crippen molar-refractivity contribution in [2.75, 3.05) is 4.90 Å². The average Bonchev–Trinajstić information content (AvgIpc) is 3.64. The second-order valence-electron chi connectivity index (χ2n) is 8.34. The van der Waals surface area contributed by atoms with Gasteiger partial charge in [0.2, 0.25) is 0 Å². The molecule has 1 unspecified atom stereocenters. The van der Waals surface area contributed by atoms with Gasteiger partial charge < -0.3 is 19.2 Å². The number of carbonyl (C=O) groups is 2. The molecule has 36 heavy (non-hydrogen) atoms. The van der Waals surface area contributed by atoms with Crippen molar-refractivity contribution < 1.29 is 23.8 Å². The molecule has 0 radical (unpaired) electrons. The fraction of sp³-hybridized carbons (Fsp3) is 0.0345. The Bertz CT molecular complexity index is 1600. The molecule has 176 valence electrons. The van der Waals surface area contributed by atoms with E-state index in [2.05, 4.69) is 4.98 Å². The first kappa shape index (κ1) is 21.5. The number of Topliss-reactive ketones (excluding diaryl/α,β-unsaturated/α-hetero) is 1. The molecule has 2 aromatic heterocycles. The SMILES string of the molecule is O=C1C(=O)N(c2ccc(Oc3ccccc3)cc2)C(c2ccco2)/C1=C(/O)c1c[nH]c2ccccc12. The number of nitrogens with zero attached hydrogens (tertiary/aromatic N) is 1. The van der Waals surface area contributed by atoms with Crippen LogP contribution in [0.25, 0.3) is 16.7 Å². The van der Waals surface area contributed by atoms with Crippen LogP contribution in [-0.4, -0.2) is 21.8 Å². The quantitative estimate of drug-likeness (QED) is 0.179. The van der Waals surface area contributed by atoms with E-state index >= 15 is 0 Å². The maximum atomic E-state index is 13.3. The number of fused-ring (bicyclic) bond motifs is 1. The Balaban J connectivity index is 1.43. The number of anilines is 1. The van der Waals surface area contributed by atoms with E-state index in [-0.39, 0.29) is 11.3 Å². The molecule has 1 amide bonds. The minimum absolute atomic E-state index is 0.0377. The highest BCUT2D eigenvalue weighted by atomic mass is 16.5. The number of hydrogen-bond acceptors (Lipinski definition) is 5. The van der Waals surface area contributed by atoms with Gasteiger partial charge in [-0.15, -0.1) is 0 Å². The predicted octanol–water partition coefficient (Wildman–Crippen LogP) is 6.18. The van der Waals surface area contributed by atoms with Gasteiger partial charge in [0.15, 0.2) is 0 Å². The molecule has 5 aromatic rings. The van der Waals surface area contributed by atoms with Gasteiger partial charge >= 0.3 is 0 Å². The zero-order valence-corrected chi connectivity index (χ0v) is 18.9. The Morgan fingerprint density at radius 1 is 0.861 bits per heavy atom. The van der Waals surface area contributed by atoms with E-state index in [4.69, 9.17) is 9.15 Å². The number of ketones is 1. The van der Waals surface area contributed by atoms with E-state index in [1.54, 1.807) is 42.6 Å². The van der Waals surface area contributed by atoms with Gasteiger partial charge in [-0.25, -0.2) is 0 Å². The van der Waals surface area contributed by atoms with Gasteiger partial charge in [-0.2, -0.15) is 0 Å². The molecule has 7 heteroatoms. The number of aromatic amines is 1. The van der Waals surface area contributed by atoms with Gasteiger partial charge in [0.1, 0.15) is 29.1 Å². The number of nitrogens with one attached hydrogen (secondary N) is 1. The third-order valence-electron chi connectivity index (χ3n) is 6.20. The summed E-state index contributed by atoms with van der Waals surface area (Å²) in [6.07, 6.45) is 3.10. The van der Waals surface area contributed by atoms with E-state index in [0.717, 1.165) is 10.9 Å². The number of amides is 1. The summed E-state index contributed by atoms with van der Waals surface area (Å²) >= 11 is 0.